The van der Waals surface area contributed by atoms with Gasteiger partial charge < -0.3 is 4.74 Å². The van der Waals surface area contributed by atoms with E-state index >= 15 is 0 Å². The molecule has 0 saturated carbocycles. The Kier molecular flexibility index (Phi) is 4.67. The van der Waals surface area contributed by atoms with Gasteiger partial charge in [0.1, 0.15) is 5.75 Å². The molecule has 1 N–H and O–H groups in total. The molecule has 7 heteroatoms. The predicted octanol–water partition coefficient (Wildman–Crippen LogP) is 2.02. The number of halogens is 2. The lowest BCUT2D eigenvalue weighted by Crippen LogP contribution is -2.02. The molecule has 1 aromatic rings. The minimum Gasteiger partial charge on any atom is -0.495 e. The molecular weight excluding hydrogens is 251 g/mol. The summed E-state index contributed by atoms with van der Waals surface area (Å²) in [6, 6.07) is 4.28. The lowest BCUT2D eigenvalue weighted by molar-refractivity contribution is 0.397. The molecule has 0 amide bonds. The molecule has 0 fully saturated rings. The maximum Gasteiger partial charge on any atom is 0.299 e. The Balaban J connectivity index is 0.00000169. The molecule has 0 aliphatic rings. The van der Waals surface area contributed by atoms with E-state index in [-0.39, 0.29) is 23.2 Å². The number of hydrogen-bond donors (Lipinski definition) is 1. The number of rotatable bonds is 2. The largest absolute Gasteiger partial charge is 0.495 e. The van der Waals surface area contributed by atoms with Gasteiger partial charge in [0.15, 0.2) is 4.90 Å². The Bertz CT molecular complexity index is 416. The van der Waals surface area contributed by atoms with Crippen molar-refractivity contribution < 1.29 is 17.7 Å². The van der Waals surface area contributed by atoms with Gasteiger partial charge in [-0.15, -0.1) is 12.4 Å². The van der Waals surface area contributed by atoms with Crippen LogP contribution < -0.4 is 4.74 Å². The highest BCUT2D eigenvalue weighted by Crippen LogP contribution is 2.30. The Hall–Kier alpha value is -0.490. The maximum absolute atomic E-state index is 10.8. The average molecular weight is 259 g/mol. The molecule has 1 rings (SSSR count). The second-order valence-electron chi connectivity index (χ2n) is 2.25. The molecular formula is C7H8Cl2O4S. The average Bonchev–Trinajstić information content (AvgIpc) is 2.01. The van der Waals surface area contributed by atoms with Gasteiger partial charge in [-0.05, 0) is 12.1 Å². The second-order valence-corrected chi connectivity index (χ2v) is 4.01. The van der Waals surface area contributed by atoms with Crippen LogP contribution in [0.2, 0.25) is 5.02 Å². The monoisotopic (exact) mass is 258 g/mol. The maximum atomic E-state index is 10.8. The first kappa shape index (κ1) is 13.5. The standard InChI is InChI=1S/C7H7ClO4S.ClH/c1-12-6-4-2-3-5(8)7(6)13(9,10)11;/h2-4H,1H3,(H,9,10,11);1H. The third-order valence-corrected chi connectivity index (χ3v) is 2.77. The second kappa shape index (κ2) is 4.84. The van der Waals surface area contributed by atoms with E-state index in [0.717, 1.165) is 0 Å². The minimum atomic E-state index is -4.33. The molecule has 0 aliphatic heterocycles. The zero-order valence-electron chi connectivity index (χ0n) is 7.10. The summed E-state index contributed by atoms with van der Waals surface area (Å²) in [5.74, 6) is 0.0231. The molecule has 0 radical (unpaired) electrons. The highest BCUT2D eigenvalue weighted by atomic mass is 35.5. The zero-order valence-corrected chi connectivity index (χ0v) is 9.49. The summed E-state index contributed by atoms with van der Waals surface area (Å²) in [6.45, 7) is 0. The molecule has 0 aromatic heterocycles. The van der Waals surface area contributed by atoms with E-state index in [4.69, 9.17) is 20.9 Å². The first-order chi connectivity index (χ1) is 5.96. The fraction of sp³-hybridized carbons (Fsp3) is 0.143. The van der Waals surface area contributed by atoms with E-state index in [1.54, 1.807) is 0 Å². The summed E-state index contributed by atoms with van der Waals surface area (Å²) in [5.41, 5.74) is 0. The molecule has 0 bridgehead atoms. The molecule has 0 aliphatic carbocycles. The summed E-state index contributed by atoms with van der Waals surface area (Å²) in [4.78, 5) is -0.404. The third kappa shape index (κ3) is 2.75. The fourth-order valence-electron chi connectivity index (χ4n) is 0.900. The van der Waals surface area contributed by atoms with E-state index < -0.39 is 15.0 Å². The zero-order chi connectivity index (χ0) is 10.1. The normalized spacial score (nSPS) is 10.5. The summed E-state index contributed by atoms with van der Waals surface area (Å²) in [5, 5.41) is -0.0677. The van der Waals surface area contributed by atoms with Gasteiger partial charge in [-0.25, -0.2) is 0 Å². The topological polar surface area (TPSA) is 63.6 Å². The molecule has 0 atom stereocenters. The molecule has 1 aromatic carbocycles. The van der Waals surface area contributed by atoms with Crippen molar-refractivity contribution in [2.24, 2.45) is 0 Å². The van der Waals surface area contributed by atoms with Gasteiger partial charge in [0.05, 0.1) is 12.1 Å². The van der Waals surface area contributed by atoms with E-state index in [1.807, 2.05) is 0 Å². The third-order valence-electron chi connectivity index (χ3n) is 1.41. The summed E-state index contributed by atoms with van der Waals surface area (Å²) < 4.78 is 35.2. The van der Waals surface area contributed by atoms with E-state index in [0.29, 0.717) is 0 Å². The summed E-state index contributed by atoms with van der Waals surface area (Å²) >= 11 is 5.57. The highest BCUT2D eigenvalue weighted by Gasteiger charge is 2.19. The van der Waals surface area contributed by atoms with Crippen molar-refractivity contribution in [1.29, 1.82) is 0 Å². The van der Waals surface area contributed by atoms with E-state index in [9.17, 15) is 8.42 Å². The number of benzene rings is 1. The van der Waals surface area contributed by atoms with Gasteiger partial charge in [0.2, 0.25) is 0 Å². The van der Waals surface area contributed by atoms with Crippen LogP contribution in [0.25, 0.3) is 0 Å². The predicted molar refractivity (Wildman–Crippen MR) is 55.1 cm³/mol. The highest BCUT2D eigenvalue weighted by molar-refractivity contribution is 7.86. The summed E-state index contributed by atoms with van der Waals surface area (Å²) in [6.07, 6.45) is 0. The molecule has 0 heterocycles. The van der Waals surface area contributed by atoms with Crippen LogP contribution in [0.5, 0.6) is 5.75 Å². The number of hydrogen-bond acceptors (Lipinski definition) is 3. The SMILES string of the molecule is COc1cccc(Cl)c1S(=O)(=O)O.Cl. The van der Waals surface area contributed by atoms with Gasteiger partial charge in [0, 0.05) is 0 Å². The van der Waals surface area contributed by atoms with Crippen molar-refractivity contribution in [2.75, 3.05) is 7.11 Å². The Morgan fingerprint density at radius 3 is 2.36 bits per heavy atom. The van der Waals surface area contributed by atoms with Crippen LogP contribution in [0.3, 0.4) is 0 Å². The smallest absolute Gasteiger partial charge is 0.299 e. The lowest BCUT2D eigenvalue weighted by atomic mass is 10.3. The van der Waals surface area contributed by atoms with Gasteiger partial charge in [0.25, 0.3) is 10.1 Å². The van der Waals surface area contributed by atoms with Crippen molar-refractivity contribution in [3.63, 3.8) is 0 Å². The van der Waals surface area contributed by atoms with E-state index in [2.05, 4.69) is 0 Å². The van der Waals surface area contributed by atoms with Crippen LogP contribution in [0.4, 0.5) is 0 Å². The van der Waals surface area contributed by atoms with Gasteiger partial charge >= 0.3 is 0 Å². The quantitative estimate of drug-likeness (QED) is 0.825. The number of ether oxygens (including phenoxy) is 1. The first-order valence-corrected chi connectivity index (χ1v) is 5.08. The molecule has 0 spiro atoms. The van der Waals surface area contributed by atoms with Crippen molar-refractivity contribution in [3.8, 4) is 5.75 Å². The van der Waals surface area contributed by atoms with Crippen molar-refractivity contribution in [2.45, 2.75) is 4.90 Å². The van der Waals surface area contributed by atoms with Gasteiger partial charge in [-0.2, -0.15) is 8.42 Å². The van der Waals surface area contributed by atoms with Crippen LogP contribution in [-0.2, 0) is 10.1 Å². The Morgan fingerprint density at radius 2 is 2.00 bits per heavy atom. The molecule has 0 saturated heterocycles. The van der Waals surface area contributed by atoms with Gasteiger partial charge in [-0.1, -0.05) is 17.7 Å². The Labute approximate surface area is 93.0 Å². The number of methoxy groups -OCH3 is 1. The fourth-order valence-corrected chi connectivity index (χ4v) is 2.08. The minimum absolute atomic E-state index is 0. The van der Waals surface area contributed by atoms with Crippen LogP contribution in [-0.4, -0.2) is 20.1 Å². The lowest BCUT2D eigenvalue weighted by Gasteiger charge is -2.06. The van der Waals surface area contributed by atoms with Gasteiger partial charge in [-0.3, -0.25) is 4.55 Å². The van der Waals surface area contributed by atoms with Crippen molar-refractivity contribution >= 4 is 34.1 Å². The van der Waals surface area contributed by atoms with Crippen LogP contribution in [0, 0.1) is 0 Å². The molecule has 14 heavy (non-hydrogen) atoms. The van der Waals surface area contributed by atoms with Crippen molar-refractivity contribution in [1.82, 2.24) is 0 Å². The summed E-state index contributed by atoms with van der Waals surface area (Å²) in [7, 11) is -3.04. The molecule has 4 nitrogen and oxygen atoms in total. The first-order valence-electron chi connectivity index (χ1n) is 3.27. The van der Waals surface area contributed by atoms with Crippen LogP contribution in [0.1, 0.15) is 0 Å². The van der Waals surface area contributed by atoms with Crippen molar-refractivity contribution in [3.05, 3.63) is 23.2 Å². The van der Waals surface area contributed by atoms with E-state index in [1.165, 1.54) is 25.3 Å². The van der Waals surface area contributed by atoms with Crippen LogP contribution >= 0.6 is 24.0 Å². The molecule has 80 valence electrons. The molecule has 0 unspecified atom stereocenters. The Morgan fingerprint density at radius 1 is 1.43 bits per heavy atom. The van der Waals surface area contributed by atoms with Crippen LogP contribution in [0.15, 0.2) is 23.1 Å².